The van der Waals surface area contributed by atoms with Crippen LogP contribution in [-0.2, 0) is 4.79 Å². The summed E-state index contributed by atoms with van der Waals surface area (Å²) < 4.78 is 6.01. The zero-order chi connectivity index (χ0) is 8.97. The van der Waals surface area contributed by atoms with Crippen molar-refractivity contribution in [3.05, 3.63) is 27.7 Å². The van der Waals surface area contributed by atoms with Gasteiger partial charge in [-0.05, 0) is 40.8 Å². The normalized spacial score (nSPS) is 10.5. The molecule has 1 amide bonds. The van der Waals surface area contributed by atoms with E-state index in [0.29, 0.717) is 5.76 Å². The van der Waals surface area contributed by atoms with Gasteiger partial charge in [-0.3, -0.25) is 4.79 Å². The minimum atomic E-state index is -0.138. The van der Waals surface area contributed by atoms with Crippen LogP contribution in [0.25, 0.3) is 6.08 Å². The quantitative estimate of drug-likeness (QED) is 0.659. The van der Waals surface area contributed by atoms with Crippen molar-refractivity contribution >= 4 is 34.6 Å². The number of hydrogen-bond donors (Lipinski definition) is 1. The van der Waals surface area contributed by atoms with E-state index in [9.17, 15) is 4.79 Å². The van der Waals surface area contributed by atoms with Gasteiger partial charge < -0.3 is 9.73 Å². The molecule has 3 nitrogen and oxygen atoms in total. The molecule has 0 saturated heterocycles. The molecule has 0 aliphatic heterocycles. The summed E-state index contributed by atoms with van der Waals surface area (Å²) >= 11 is 2.07. The lowest BCUT2D eigenvalue weighted by atomic mass is 10.4. The first-order valence-electron chi connectivity index (χ1n) is 3.37. The fourth-order valence-electron chi connectivity index (χ4n) is 0.659. The fourth-order valence-corrected chi connectivity index (χ4v) is 1.09. The summed E-state index contributed by atoms with van der Waals surface area (Å²) in [5, 5.41) is 2.47. The number of rotatable bonds is 2. The minimum absolute atomic E-state index is 0.138. The Morgan fingerprint density at radius 3 is 2.92 bits per heavy atom. The number of likely N-dealkylation sites (N-methyl/N-ethyl adjacent to an activating group) is 1. The number of hydrogen-bond acceptors (Lipinski definition) is 2. The number of amides is 1. The summed E-state index contributed by atoms with van der Waals surface area (Å²) in [6.07, 6.45) is 3.05. The molecule has 12 heavy (non-hydrogen) atoms. The average Bonchev–Trinajstić information content (AvgIpc) is 2.47. The zero-order valence-electron chi connectivity index (χ0n) is 6.50. The fraction of sp³-hybridized carbons (Fsp3) is 0.125. The van der Waals surface area contributed by atoms with Crippen LogP contribution >= 0.6 is 22.6 Å². The highest BCUT2D eigenvalue weighted by molar-refractivity contribution is 14.1. The van der Waals surface area contributed by atoms with E-state index in [1.807, 2.05) is 6.07 Å². The highest BCUT2D eigenvalue weighted by atomic mass is 127. The third-order valence-corrected chi connectivity index (χ3v) is 1.82. The Labute approximate surface area is 84.0 Å². The largest absolute Gasteiger partial charge is 0.451 e. The van der Waals surface area contributed by atoms with Crippen LogP contribution in [0.15, 0.2) is 22.6 Å². The van der Waals surface area contributed by atoms with E-state index in [4.69, 9.17) is 4.42 Å². The Kier molecular flexibility index (Phi) is 3.33. The summed E-state index contributed by atoms with van der Waals surface area (Å²) in [5.41, 5.74) is 0. The predicted octanol–water partition coefficient (Wildman–Crippen LogP) is 1.64. The maximum Gasteiger partial charge on any atom is 0.243 e. The topological polar surface area (TPSA) is 42.2 Å². The molecule has 0 saturated carbocycles. The molecule has 0 fully saturated rings. The molecule has 1 aromatic heterocycles. The van der Waals surface area contributed by atoms with Gasteiger partial charge in [-0.1, -0.05) is 0 Å². The Hall–Kier alpha value is -0.780. The van der Waals surface area contributed by atoms with Crippen molar-refractivity contribution in [3.63, 3.8) is 0 Å². The van der Waals surface area contributed by atoms with Gasteiger partial charge in [-0.2, -0.15) is 0 Å². The van der Waals surface area contributed by atoms with Crippen molar-refractivity contribution in [1.82, 2.24) is 5.32 Å². The third-order valence-electron chi connectivity index (χ3n) is 1.24. The molecule has 0 unspecified atom stereocenters. The van der Waals surface area contributed by atoms with E-state index < -0.39 is 0 Å². The number of halogens is 1. The summed E-state index contributed by atoms with van der Waals surface area (Å²) in [7, 11) is 1.58. The first-order valence-corrected chi connectivity index (χ1v) is 4.45. The predicted molar refractivity (Wildman–Crippen MR) is 54.5 cm³/mol. The smallest absolute Gasteiger partial charge is 0.243 e. The number of carbonyl (C=O) groups excluding carboxylic acids is 1. The second-order valence-corrected chi connectivity index (χ2v) is 3.15. The van der Waals surface area contributed by atoms with Crippen LogP contribution in [0.1, 0.15) is 5.76 Å². The van der Waals surface area contributed by atoms with Crippen LogP contribution in [0.2, 0.25) is 0 Å². The van der Waals surface area contributed by atoms with Crippen molar-refractivity contribution in [2.24, 2.45) is 0 Å². The Morgan fingerprint density at radius 1 is 1.67 bits per heavy atom. The van der Waals surface area contributed by atoms with Crippen LogP contribution in [0.5, 0.6) is 0 Å². The van der Waals surface area contributed by atoms with Crippen LogP contribution < -0.4 is 5.32 Å². The maximum atomic E-state index is 10.8. The molecule has 0 aliphatic carbocycles. The van der Waals surface area contributed by atoms with Crippen molar-refractivity contribution in [2.45, 2.75) is 0 Å². The van der Waals surface area contributed by atoms with E-state index in [2.05, 4.69) is 27.9 Å². The molecule has 1 rings (SSSR count). The van der Waals surface area contributed by atoms with Gasteiger partial charge >= 0.3 is 0 Å². The number of nitrogens with one attached hydrogen (secondary N) is 1. The van der Waals surface area contributed by atoms with E-state index in [-0.39, 0.29) is 5.91 Å². The maximum absolute atomic E-state index is 10.8. The molecule has 0 aromatic carbocycles. The van der Waals surface area contributed by atoms with Crippen molar-refractivity contribution in [1.29, 1.82) is 0 Å². The number of carbonyl (C=O) groups is 1. The Balaban J connectivity index is 2.63. The van der Waals surface area contributed by atoms with Gasteiger partial charge in [0, 0.05) is 13.1 Å². The summed E-state index contributed by atoms with van der Waals surface area (Å²) in [6.45, 7) is 0. The molecule has 1 heterocycles. The van der Waals surface area contributed by atoms with Gasteiger partial charge in [0.2, 0.25) is 5.91 Å². The van der Waals surface area contributed by atoms with Gasteiger partial charge in [-0.15, -0.1) is 0 Å². The molecular weight excluding hydrogens is 269 g/mol. The molecule has 0 bridgehead atoms. The van der Waals surface area contributed by atoms with Gasteiger partial charge in [0.15, 0.2) is 3.77 Å². The lowest BCUT2D eigenvalue weighted by Crippen LogP contribution is -2.13. The third kappa shape index (κ3) is 2.69. The molecule has 1 aromatic rings. The number of furan rings is 1. The van der Waals surface area contributed by atoms with Gasteiger partial charge in [0.25, 0.3) is 0 Å². The zero-order valence-corrected chi connectivity index (χ0v) is 8.66. The van der Waals surface area contributed by atoms with Crippen molar-refractivity contribution < 1.29 is 9.21 Å². The molecule has 4 heteroatoms. The first-order chi connectivity index (χ1) is 5.72. The average molecular weight is 277 g/mol. The standard InChI is InChI=1S/C8H8INO2/c1-10-8(11)5-3-6-2-4-7(9)12-6/h2-5H,1H3,(H,10,11)/b5-3+. The molecular formula is C8H8INO2. The summed E-state index contributed by atoms with van der Waals surface area (Å²) in [5.74, 6) is 0.546. The minimum Gasteiger partial charge on any atom is -0.451 e. The molecule has 64 valence electrons. The van der Waals surface area contributed by atoms with E-state index in [1.165, 1.54) is 6.08 Å². The van der Waals surface area contributed by atoms with Gasteiger partial charge in [0.05, 0.1) is 0 Å². The Bertz CT molecular complexity index is 304. The van der Waals surface area contributed by atoms with E-state index in [0.717, 1.165) is 3.77 Å². The van der Waals surface area contributed by atoms with Crippen molar-refractivity contribution in [3.8, 4) is 0 Å². The molecule has 1 N–H and O–H groups in total. The second kappa shape index (κ2) is 4.30. The molecule has 0 aliphatic rings. The lowest BCUT2D eigenvalue weighted by Gasteiger charge is -1.87. The molecule has 0 spiro atoms. The summed E-state index contributed by atoms with van der Waals surface area (Å²) in [4.78, 5) is 10.8. The Morgan fingerprint density at radius 2 is 2.42 bits per heavy atom. The highest BCUT2D eigenvalue weighted by Crippen LogP contribution is 2.10. The lowest BCUT2D eigenvalue weighted by molar-refractivity contribution is -0.115. The van der Waals surface area contributed by atoms with Crippen molar-refractivity contribution in [2.75, 3.05) is 7.05 Å². The van der Waals surface area contributed by atoms with Gasteiger partial charge in [0.1, 0.15) is 5.76 Å². The van der Waals surface area contributed by atoms with Crippen LogP contribution in [0.3, 0.4) is 0 Å². The SMILES string of the molecule is CNC(=O)/C=C/c1ccc(I)o1. The van der Waals surface area contributed by atoms with E-state index in [1.54, 1.807) is 19.2 Å². The van der Waals surface area contributed by atoms with Gasteiger partial charge in [-0.25, -0.2) is 0 Å². The monoisotopic (exact) mass is 277 g/mol. The van der Waals surface area contributed by atoms with Crippen LogP contribution in [0.4, 0.5) is 0 Å². The first kappa shape index (κ1) is 9.31. The summed E-state index contributed by atoms with van der Waals surface area (Å²) in [6, 6.07) is 3.64. The second-order valence-electron chi connectivity index (χ2n) is 2.09. The highest BCUT2D eigenvalue weighted by Gasteiger charge is 1.94. The molecule has 0 atom stereocenters. The molecule has 0 radical (unpaired) electrons. The van der Waals surface area contributed by atoms with Crippen LogP contribution in [0, 0.1) is 3.77 Å². The van der Waals surface area contributed by atoms with Crippen LogP contribution in [-0.4, -0.2) is 13.0 Å². The van der Waals surface area contributed by atoms with E-state index >= 15 is 0 Å².